The van der Waals surface area contributed by atoms with Crippen LogP contribution in [0, 0.1) is 0 Å². The van der Waals surface area contributed by atoms with E-state index in [0.29, 0.717) is 29.2 Å². The highest BCUT2D eigenvalue weighted by atomic mass is 32.2. The molecule has 0 saturated carbocycles. The molecular weight excluding hydrogens is 464 g/mol. The van der Waals surface area contributed by atoms with Crippen LogP contribution in [0.5, 0.6) is 5.75 Å². The molecule has 35 heavy (non-hydrogen) atoms. The number of rotatable bonds is 5. The molecule has 3 heterocycles. The molecule has 3 atom stereocenters. The Morgan fingerprint density at radius 3 is 2.40 bits per heavy atom. The van der Waals surface area contributed by atoms with E-state index in [4.69, 9.17) is 10.5 Å². The van der Waals surface area contributed by atoms with E-state index in [0.717, 1.165) is 24.5 Å². The first-order valence-corrected chi connectivity index (χ1v) is 13.0. The molecular formula is C25H30N6O3S. The van der Waals surface area contributed by atoms with Crippen molar-refractivity contribution in [3.8, 4) is 5.75 Å². The van der Waals surface area contributed by atoms with Gasteiger partial charge in [-0.25, -0.2) is 12.4 Å². The van der Waals surface area contributed by atoms with Crippen LogP contribution in [-0.4, -0.2) is 57.2 Å². The third-order valence-corrected chi connectivity index (χ3v) is 8.03. The summed E-state index contributed by atoms with van der Waals surface area (Å²) in [5.74, 6) is 0.918. The summed E-state index contributed by atoms with van der Waals surface area (Å²) in [5.41, 5.74) is 8.93. The van der Waals surface area contributed by atoms with Gasteiger partial charge in [0.2, 0.25) is 0 Å². The highest BCUT2D eigenvalue weighted by Gasteiger charge is 2.31. The van der Waals surface area contributed by atoms with E-state index >= 15 is 0 Å². The van der Waals surface area contributed by atoms with Crippen molar-refractivity contribution in [2.75, 3.05) is 30.0 Å². The largest absolute Gasteiger partial charge is 0.497 e. The molecule has 184 valence electrons. The third-order valence-electron chi connectivity index (χ3n) is 6.36. The van der Waals surface area contributed by atoms with Crippen molar-refractivity contribution < 1.29 is 13.2 Å². The first-order chi connectivity index (χ1) is 16.8. The Hall–Kier alpha value is -3.34. The molecule has 9 nitrogen and oxygen atoms in total. The van der Waals surface area contributed by atoms with Gasteiger partial charge in [-0.05, 0) is 56.3 Å². The van der Waals surface area contributed by atoms with Crippen molar-refractivity contribution in [2.24, 2.45) is 10.7 Å². The zero-order chi connectivity index (χ0) is 24.7. The summed E-state index contributed by atoms with van der Waals surface area (Å²) in [6, 6.07) is 17.0. The Morgan fingerprint density at radius 1 is 1.03 bits per heavy atom. The predicted molar refractivity (Wildman–Crippen MR) is 138 cm³/mol. The fourth-order valence-corrected chi connectivity index (χ4v) is 6.21. The second-order valence-electron chi connectivity index (χ2n) is 9.03. The molecule has 3 aromatic rings. The Balaban J connectivity index is 1.52. The van der Waals surface area contributed by atoms with Gasteiger partial charge in [0, 0.05) is 60.6 Å². The standard InChI is InChI=1S/C25H30N6O3S/c1-17-15-29(16-18(2)28-17)20-7-9-21(10-8-20)31-24-19(14-27-25(31)26)11-12-30(24)35(32,33)23-6-4-5-22(13-23)34-3/h4-14,17-18,25,28H,15-16,26H2,1-3H3/t17-,18-,25?/m0/s1. The zero-order valence-electron chi connectivity index (χ0n) is 20.0. The monoisotopic (exact) mass is 494 g/mol. The van der Waals surface area contributed by atoms with Gasteiger partial charge in [0.1, 0.15) is 11.6 Å². The summed E-state index contributed by atoms with van der Waals surface area (Å²) < 4.78 is 33.7. The van der Waals surface area contributed by atoms with Crippen LogP contribution in [-0.2, 0) is 10.0 Å². The number of ether oxygens (including phenoxy) is 1. The molecule has 0 aliphatic carbocycles. The van der Waals surface area contributed by atoms with Crippen molar-refractivity contribution in [1.82, 2.24) is 9.29 Å². The maximum atomic E-state index is 13.6. The Morgan fingerprint density at radius 2 is 1.71 bits per heavy atom. The van der Waals surface area contributed by atoms with Gasteiger partial charge in [0.05, 0.1) is 12.0 Å². The van der Waals surface area contributed by atoms with E-state index < -0.39 is 16.3 Å². The molecule has 0 spiro atoms. The number of aliphatic imine (C=N–C) groups is 1. The number of benzene rings is 2. The summed E-state index contributed by atoms with van der Waals surface area (Å²) >= 11 is 0. The van der Waals surface area contributed by atoms with Crippen LogP contribution in [0.15, 0.2) is 70.7 Å². The van der Waals surface area contributed by atoms with Gasteiger partial charge in [-0.1, -0.05) is 6.07 Å². The Labute approximate surface area is 205 Å². The number of nitrogens with two attached hydrogens (primary N) is 1. The van der Waals surface area contributed by atoms with Crippen LogP contribution in [0.25, 0.3) is 0 Å². The lowest BCUT2D eigenvalue weighted by Crippen LogP contribution is -2.54. The molecule has 1 aromatic heterocycles. The van der Waals surface area contributed by atoms with Crippen molar-refractivity contribution in [3.05, 3.63) is 66.4 Å². The van der Waals surface area contributed by atoms with Crippen molar-refractivity contribution in [3.63, 3.8) is 0 Å². The average molecular weight is 495 g/mol. The Kier molecular flexibility index (Phi) is 6.04. The maximum Gasteiger partial charge on any atom is 0.269 e. The molecule has 2 aliphatic heterocycles. The van der Waals surface area contributed by atoms with Crippen molar-refractivity contribution >= 4 is 33.4 Å². The molecule has 0 amide bonds. The van der Waals surface area contributed by atoms with E-state index in [9.17, 15) is 8.42 Å². The van der Waals surface area contributed by atoms with Gasteiger partial charge in [-0.2, -0.15) is 0 Å². The van der Waals surface area contributed by atoms with Gasteiger partial charge in [0.25, 0.3) is 10.0 Å². The number of aromatic nitrogens is 1. The number of hydrogen-bond acceptors (Lipinski definition) is 8. The lowest BCUT2D eigenvalue weighted by Gasteiger charge is -2.38. The summed E-state index contributed by atoms with van der Waals surface area (Å²) in [5, 5.41) is 3.55. The minimum absolute atomic E-state index is 0.128. The number of methoxy groups -OCH3 is 1. The summed E-state index contributed by atoms with van der Waals surface area (Å²) in [4.78, 5) is 8.62. The van der Waals surface area contributed by atoms with Gasteiger partial charge in [0.15, 0.2) is 6.29 Å². The number of hydrogen-bond donors (Lipinski definition) is 2. The lowest BCUT2D eigenvalue weighted by atomic mass is 10.1. The molecule has 1 saturated heterocycles. The number of piperazine rings is 1. The fourth-order valence-electron chi connectivity index (χ4n) is 4.82. The van der Waals surface area contributed by atoms with E-state index in [-0.39, 0.29) is 4.90 Å². The minimum Gasteiger partial charge on any atom is -0.497 e. The average Bonchev–Trinajstić information content (AvgIpc) is 3.28. The second-order valence-corrected chi connectivity index (χ2v) is 10.8. The molecule has 0 bridgehead atoms. The molecule has 0 radical (unpaired) electrons. The van der Waals surface area contributed by atoms with Gasteiger partial charge < -0.3 is 15.0 Å². The van der Waals surface area contributed by atoms with Crippen LogP contribution in [0.2, 0.25) is 0 Å². The van der Waals surface area contributed by atoms with Gasteiger partial charge in [-0.3, -0.25) is 15.6 Å². The lowest BCUT2D eigenvalue weighted by molar-refractivity contribution is 0.407. The van der Waals surface area contributed by atoms with Crippen molar-refractivity contribution in [1.29, 1.82) is 0 Å². The minimum atomic E-state index is -3.91. The molecule has 3 N–H and O–H groups in total. The van der Waals surface area contributed by atoms with E-state index in [1.54, 1.807) is 35.4 Å². The van der Waals surface area contributed by atoms with Gasteiger partial charge >= 0.3 is 0 Å². The quantitative estimate of drug-likeness (QED) is 0.562. The first-order valence-electron chi connectivity index (χ1n) is 11.6. The zero-order valence-corrected chi connectivity index (χ0v) is 20.8. The second kappa shape index (κ2) is 9.03. The smallest absolute Gasteiger partial charge is 0.269 e. The number of nitrogens with zero attached hydrogens (tertiary/aromatic N) is 4. The topological polar surface area (TPSA) is 105 Å². The van der Waals surface area contributed by atoms with Crippen LogP contribution in [0.1, 0.15) is 19.4 Å². The molecule has 5 rings (SSSR count). The third kappa shape index (κ3) is 4.29. The number of fused-ring (bicyclic) bond motifs is 1. The molecule has 1 fully saturated rings. The maximum absolute atomic E-state index is 13.6. The van der Waals surface area contributed by atoms with Crippen molar-refractivity contribution in [2.45, 2.75) is 37.1 Å². The van der Waals surface area contributed by atoms with Crippen LogP contribution in [0.3, 0.4) is 0 Å². The Bertz CT molecular complexity index is 1340. The van der Waals surface area contributed by atoms with E-state index in [2.05, 4.69) is 41.2 Å². The van der Waals surface area contributed by atoms with Crippen LogP contribution >= 0.6 is 0 Å². The highest BCUT2D eigenvalue weighted by Crippen LogP contribution is 2.36. The normalized spacial score (nSPS) is 22.2. The highest BCUT2D eigenvalue weighted by molar-refractivity contribution is 7.90. The van der Waals surface area contributed by atoms with Crippen LogP contribution in [0.4, 0.5) is 17.2 Å². The number of anilines is 3. The van der Waals surface area contributed by atoms with Crippen LogP contribution < -0.4 is 25.6 Å². The fraction of sp³-hybridized carbons (Fsp3) is 0.320. The van der Waals surface area contributed by atoms with E-state index in [1.807, 2.05) is 12.1 Å². The van der Waals surface area contributed by atoms with E-state index in [1.165, 1.54) is 23.3 Å². The molecule has 10 heteroatoms. The first kappa shape index (κ1) is 23.4. The predicted octanol–water partition coefficient (Wildman–Crippen LogP) is 2.73. The van der Waals surface area contributed by atoms with Gasteiger partial charge in [-0.15, -0.1) is 0 Å². The summed E-state index contributed by atoms with van der Waals surface area (Å²) in [7, 11) is -2.40. The summed E-state index contributed by atoms with van der Waals surface area (Å²) in [6.07, 6.45) is 2.39. The molecule has 2 aliphatic rings. The summed E-state index contributed by atoms with van der Waals surface area (Å²) in [6.45, 7) is 6.20. The SMILES string of the molecule is COc1cccc(S(=O)(=O)n2ccc3c2N(c2ccc(N4C[C@H](C)N[C@@H](C)C4)cc2)C(N)N=C3)c1. The number of nitrogens with one attached hydrogen (secondary N) is 1. The molecule has 2 aromatic carbocycles. The molecule has 1 unspecified atom stereocenters.